The number of hydrogen-bond acceptors (Lipinski definition) is 4. The molecule has 0 atom stereocenters. The Balaban J connectivity index is 2.91. The van der Waals surface area contributed by atoms with Crippen LogP contribution in [0.25, 0.3) is 0 Å². The predicted octanol–water partition coefficient (Wildman–Crippen LogP) is 1.17. The molecule has 2 N–H and O–H groups in total. The Hall–Kier alpha value is -1.93. The second-order valence-electron chi connectivity index (χ2n) is 5.48. The number of likely N-dealkylation sites (N-methyl/N-ethyl adjacent to an activating group) is 1. The molecule has 1 amide bonds. The molecule has 1 aromatic rings. The molecule has 0 unspecified atom stereocenters. The van der Waals surface area contributed by atoms with Gasteiger partial charge in [0.2, 0.25) is 10.0 Å². The molecule has 0 radical (unpaired) electrons. The number of nitrogens with one attached hydrogen (secondary N) is 1. The lowest BCUT2D eigenvalue weighted by molar-refractivity contribution is -0.137. The van der Waals surface area contributed by atoms with Crippen molar-refractivity contribution in [3.8, 4) is 0 Å². The van der Waals surface area contributed by atoms with E-state index in [1.165, 1.54) is 29.2 Å². The van der Waals surface area contributed by atoms with Gasteiger partial charge in [0.05, 0.1) is 4.90 Å². The third-order valence-corrected chi connectivity index (χ3v) is 4.53. The summed E-state index contributed by atoms with van der Waals surface area (Å²) in [5.74, 6) is -1.37. The Kier molecular flexibility index (Phi) is 6.71. The second-order valence-corrected chi connectivity index (χ2v) is 7.25. The molecule has 0 aliphatic rings. The minimum atomic E-state index is -3.61. The summed E-state index contributed by atoms with van der Waals surface area (Å²) in [6.07, 6.45) is 0. The third-order valence-electron chi connectivity index (χ3n) is 3.09. The van der Waals surface area contributed by atoms with E-state index in [2.05, 4.69) is 4.72 Å². The zero-order valence-electron chi connectivity index (χ0n) is 13.4. The van der Waals surface area contributed by atoms with Gasteiger partial charge in [0.1, 0.15) is 6.54 Å². The van der Waals surface area contributed by atoms with Crippen LogP contribution in [0.3, 0.4) is 0 Å². The molecule has 0 saturated carbocycles. The fraction of sp³-hybridized carbons (Fsp3) is 0.467. The van der Waals surface area contributed by atoms with E-state index in [9.17, 15) is 18.0 Å². The summed E-state index contributed by atoms with van der Waals surface area (Å²) in [4.78, 5) is 24.2. The highest BCUT2D eigenvalue weighted by Gasteiger charge is 2.19. The molecular formula is C15H22N2O5S. The van der Waals surface area contributed by atoms with Gasteiger partial charge in [0, 0.05) is 18.7 Å². The summed E-state index contributed by atoms with van der Waals surface area (Å²) in [7, 11) is -3.61. The van der Waals surface area contributed by atoms with Gasteiger partial charge in [0.25, 0.3) is 5.91 Å². The minimum absolute atomic E-state index is 0.0657. The van der Waals surface area contributed by atoms with E-state index < -0.39 is 28.4 Å². The summed E-state index contributed by atoms with van der Waals surface area (Å²) >= 11 is 0. The Morgan fingerprint density at radius 3 is 2.22 bits per heavy atom. The normalized spacial score (nSPS) is 11.5. The molecule has 23 heavy (non-hydrogen) atoms. The van der Waals surface area contributed by atoms with Gasteiger partial charge >= 0.3 is 5.97 Å². The van der Waals surface area contributed by atoms with Gasteiger partial charge in [-0.05, 0) is 37.1 Å². The zero-order chi connectivity index (χ0) is 17.6. The van der Waals surface area contributed by atoms with Gasteiger partial charge in [-0.15, -0.1) is 0 Å². The molecule has 0 saturated heterocycles. The van der Waals surface area contributed by atoms with Crippen molar-refractivity contribution in [3.05, 3.63) is 29.8 Å². The smallest absolute Gasteiger partial charge is 0.323 e. The van der Waals surface area contributed by atoms with Crippen molar-refractivity contribution in [2.75, 3.05) is 19.6 Å². The van der Waals surface area contributed by atoms with Crippen molar-refractivity contribution in [2.24, 2.45) is 5.92 Å². The number of carboxylic acids is 1. The van der Waals surface area contributed by atoms with Crippen LogP contribution in [0.4, 0.5) is 0 Å². The molecule has 128 valence electrons. The fourth-order valence-corrected chi connectivity index (χ4v) is 3.02. The Morgan fingerprint density at radius 1 is 1.22 bits per heavy atom. The van der Waals surface area contributed by atoms with E-state index in [1.807, 2.05) is 13.8 Å². The van der Waals surface area contributed by atoms with Gasteiger partial charge in [-0.3, -0.25) is 9.59 Å². The summed E-state index contributed by atoms with van der Waals surface area (Å²) in [6.45, 7) is 5.64. The summed E-state index contributed by atoms with van der Waals surface area (Å²) in [5.41, 5.74) is 0.246. The van der Waals surface area contributed by atoms with Gasteiger partial charge in [-0.1, -0.05) is 13.8 Å². The molecule has 0 aromatic heterocycles. The van der Waals surface area contributed by atoms with E-state index in [1.54, 1.807) is 6.92 Å². The van der Waals surface area contributed by atoms with Crippen LogP contribution < -0.4 is 4.72 Å². The van der Waals surface area contributed by atoms with Crippen LogP contribution in [-0.4, -0.2) is 49.9 Å². The van der Waals surface area contributed by atoms with Gasteiger partial charge < -0.3 is 10.0 Å². The van der Waals surface area contributed by atoms with Crippen molar-refractivity contribution in [2.45, 2.75) is 25.7 Å². The topological polar surface area (TPSA) is 104 Å². The van der Waals surface area contributed by atoms with E-state index in [4.69, 9.17) is 5.11 Å². The molecule has 0 heterocycles. The van der Waals surface area contributed by atoms with Crippen LogP contribution in [-0.2, 0) is 14.8 Å². The van der Waals surface area contributed by atoms with Crippen LogP contribution in [0, 0.1) is 5.92 Å². The SMILES string of the molecule is CCN(CC(=O)O)C(=O)c1ccc(S(=O)(=O)NCC(C)C)cc1. The second kappa shape index (κ2) is 8.07. The van der Waals surface area contributed by atoms with E-state index in [0.29, 0.717) is 6.54 Å². The third kappa shape index (κ3) is 5.65. The van der Waals surface area contributed by atoms with E-state index >= 15 is 0 Å². The first-order valence-electron chi connectivity index (χ1n) is 7.28. The zero-order valence-corrected chi connectivity index (χ0v) is 14.3. The number of carbonyl (C=O) groups is 2. The standard InChI is InChI=1S/C15H22N2O5S/c1-4-17(10-14(18)19)15(20)12-5-7-13(8-6-12)23(21,22)16-9-11(2)3/h5-8,11,16H,4,9-10H2,1-3H3,(H,18,19). The average molecular weight is 342 g/mol. The molecule has 1 rings (SSSR count). The van der Waals surface area contributed by atoms with Gasteiger partial charge in [-0.25, -0.2) is 13.1 Å². The highest BCUT2D eigenvalue weighted by atomic mass is 32.2. The lowest BCUT2D eigenvalue weighted by atomic mass is 10.2. The number of amides is 1. The van der Waals surface area contributed by atoms with Crippen LogP contribution in [0.15, 0.2) is 29.2 Å². The van der Waals surface area contributed by atoms with Crippen LogP contribution in [0.5, 0.6) is 0 Å². The number of aliphatic carboxylic acids is 1. The fourth-order valence-electron chi connectivity index (χ4n) is 1.81. The van der Waals surface area contributed by atoms with Gasteiger partial charge in [0.15, 0.2) is 0 Å². The number of carboxylic acid groups (broad SMARTS) is 1. The lowest BCUT2D eigenvalue weighted by Crippen LogP contribution is -2.35. The Bertz CT molecular complexity index is 653. The van der Waals surface area contributed by atoms with Crippen LogP contribution in [0.1, 0.15) is 31.1 Å². The maximum atomic E-state index is 12.2. The summed E-state index contributed by atoms with van der Waals surface area (Å²) < 4.78 is 26.6. The number of carbonyl (C=O) groups excluding carboxylic acids is 1. The monoisotopic (exact) mass is 342 g/mol. The molecule has 0 fully saturated rings. The molecule has 7 nitrogen and oxygen atoms in total. The lowest BCUT2D eigenvalue weighted by Gasteiger charge is -2.18. The van der Waals surface area contributed by atoms with Crippen LogP contribution in [0.2, 0.25) is 0 Å². The molecule has 0 aliphatic heterocycles. The van der Waals surface area contributed by atoms with Crippen molar-refractivity contribution in [1.82, 2.24) is 9.62 Å². The Morgan fingerprint density at radius 2 is 1.78 bits per heavy atom. The maximum Gasteiger partial charge on any atom is 0.323 e. The van der Waals surface area contributed by atoms with Crippen molar-refractivity contribution < 1.29 is 23.1 Å². The van der Waals surface area contributed by atoms with Crippen molar-refractivity contribution in [3.63, 3.8) is 0 Å². The first-order chi connectivity index (χ1) is 10.7. The molecule has 1 aromatic carbocycles. The van der Waals surface area contributed by atoms with Gasteiger partial charge in [-0.2, -0.15) is 0 Å². The van der Waals surface area contributed by atoms with E-state index in [-0.39, 0.29) is 22.9 Å². The highest BCUT2D eigenvalue weighted by molar-refractivity contribution is 7.89. The molecule has 0 aliphatic carbocycles. The number of hydrogen-bond donors (Lipinski definition) is 2. The highest BCUT2D eigenvalue weighted by Crippen LogP contribution is 2.12. The summed E-state index contributed by atoms with van der Waals surface area (Å²) in [5, 5.41) is 8.78. The average Bonchev–Trinajstić information content (AvgIpc) is 2.50. The molecule has 8 heteroatoms. The van der Waals surface area contributed by atoms with Crippen LogP contribution >= 0.6 is 0 Å². The number of rotatable bonds is 8. The Labute approximate surface area is 136 Å². The molecule has 0 bridgehead atoms. The maximum absolute atomic E-state index is 12.2. The van der Waals surface area contributed by atoms with E-state index in [0.717, 1.165) is 0 Å². The first-order valence-corrected chi connectivity index (χ1v) is 8.76. The predicted molar refractivity (Wildman–Crippen MR) is 85.7 cm³/mol. The van der Waals surface area contributed by atoms with Crippen molar-refractivity contribution in [1.29, 1.82) is 0 Å². The minimum Gasteiger partial charge on any atom is -0.480 e. The molecule has 0 spiro atoms. The first kappa shape index (κ1) is 19.1. The quantitative estimate of drug-likeness (QED) is 0.738. The number of nitrogens with zero attached hydrogens (tertiary/aromatic N) is 1. The number of benzene rings is 1. The number of sulfonamides is 1. The molecular weight excluding hydrogens is 320 g/mol. The van der Waals surface area contributed by atoms with Crippen molar-refractivity contribution >= 4 is 21.9 Å². The largest absolute Gasteiger partial charge is 0.480 e. The summed E-state index contributed by atoms with van der Waals surface area (Å²) in [6, 6.07) is 5.45.